The van der Waals surface area contributed by atoms with Crippen LogP contribution >= 0.6 is 0 Å². The maximum atomic E-state index is 7.84. The lowest BCUT2D eigenvalue weighted by atomic mass is 10.5. The summed E-state index contributed by atoms with van der Waals surface area (Å²) in [6, 6.07) is 0. The Hall–Kier alpha value is -0.710. The van der Waals surface area contributed by atoms with Gasteiger partial charge in [-0.05, 0) is 6.42 Å². The average Bonchev–Trinajstić information content (AvgIpc) is 1.61. The van der Waals surface area contributed by atoms with E-state index in [9.17, 15) is 0 Å². The van der Waals surface area contributed by atoms with E-state index in [1.807, 2.05) is 13.1 Å². The normalized spacial score (nSPS) is 6.67. The molecular weight excluding hydrogens is 76.1 g/mol. The third-order valence-electron chi connectivity index (χ3n) is 0.454. The Morgan fingerprint density at radius 1 is 1.83 bits per heavy atom. The van der Waals surface area contributed by atoms with Gasteiger partial charge >= 0.3 is 0 Å². The van der Waals surface area contributed by atoms with Crippen LogP contribution in [0.15, 0.2) is 0 Å². The molecule has 0 bridgehead atoms. The first kappa shape index (κ1) is 5.29. The van der Waals surface area contributed by atoms with Gasteiger partial charge in [0.25, 0.3) is 0 Å². The van der Waals surface area contributed by atoms with Crippen molar-refractivity contribution in [2.75, 3.05) is 6.54 Å². The molecule has 0 aliphatic rings. The van der Waals surface area contributed by atoms with E-state index in [2.05, 4.69) is 5.32 Å². The van der Waals surface area contributed by atoms with Gasteiger partial charge in [-0.1, -0.05) is 6.92 Å². The largest absolute Gasteiger partial charge is 0.324 e. The predicted octanol–water partition coefficient (Wildman–Crippen LogP) is 0.467. The maximum Gasteiger partial charge on any atom is 0.176 e. The van der Waals surface area contributed by atoms with Crippen LogP contribution in [0.2, 0.25) is 0 Å². The Balaban J connectivity index is 2.54. The highest BCUT2D eigenvalue weighted by atomic mass is 14.8. The molecular formula is C4H8N2. The van der Waals surface area contributed by atoms with Gasteiger partial charge in [-0.25, -0.2) is 0 Å². The number of nitrogens with zero attached hydrogens (tertiary/aromatic N) is 1. The van der Waals surface area contributed by atoms with Crippen LogP contribution in [0.25, 0.3) is 0 Å². The first-order chi connectivity index (χ1) is 2.91. The molecule has 0 aliphatic heterocycles. The molecule has 2 heteroatoms. The standard InChI is InChI=1S/C4H8N2/c1-2-3-6-4-5/h6H,2-3H2,1H3. The molecule has 6 heavy (non-hydrogen) atoms. The van der Waals surface area contributed by atoms with Gasteiger partial charge in [-0.3, -0.25) is 0 Å². The van der Waals surface area contributed by atoms with Gasteiger partial charge in [0, 0.05) is 6.54 Å². The molecule has 0 heterocycles. The zero-order chi connectivity index (χ0) is 4.83. The van der Waals surface area contributed by atoms with Crippen LogP contribution in [0, 0.1) is 11.5 Å². The molecule has 1 N–H and O–H groups in total. The molecule has 0 unspecified atom stereocenters. The lowest BCUT2D eigenvalue weighted by Crippen LogP contribution is -2.04. The molecule has 0 radical (unpaired) electrons. The first-order valence-corrected chi connectivity index (χ1v) is 2.03. The second kappa shape index (κ2) is 4.29. The summed E-state index contributed by atoms with van der Waals surface area (Å²) in [5, 5.41) is 10.3. The minimum absolute atomic E-state index is 0.802. The molecule has 0 saturated heterocycles. The molecule has 0 atom stereocenters. The quantitative estimate of drug-likeness (QED) is 0.300. The number of hydrogen-bond acceptors (Lipinski definition) is 2. The van der Waals surface area contributed by atoms with Crippen molar-refractivity contribution in [3.63, 3.8) is 0 Å². The molecule has 0 fully saturated rings. The minimum atomic E-state index is 0.802. The Morgan fingerprint density at radius 3 is 2.67 bits per heavy atom. The second-order valence-corrected chi connectivity index (χ2v) is 1.04. The van der Waals surface area contributed by atoms with Crippen molar-refractivity contribution in [1.82, 2.24) is 5.32 Å². The highest BCUT2D eigenvalue weighted by Gasteiger charge is 1.69. The van der Waals surface area contributed by atoms with E-state index in [-0.39, 0.29) is 0 Å². The van der Waals surface area contributed by atoms with Crippen molar-refractivity contribution in [3.8, 4) is 6.19 Å². The van der Waals surface area contributed by atoms with Gasteiger partial charge in [0.15, 0.2) is 6.19 Å². The lowest BCUT2D eigenvalue weighted by molar-refractivity contribution is 0.820. The summed E-state index contributed by atoms with van der Waals surface area (Å²) < 4.78 is 0. The molecule has 0 saturated carbocycles. The fourth-order valence-electron chi connectivity index (χ4n) is 0.181. The summed E-state index contributed by atoms with van der Waals surface area (Å²) in [4.78, 5) is 0. The van der Waals surface area contributed by atoms with E-state index in [4.69, 9.17) is 5.26 Å². The molecule has 0 aromatic heterocycles. The molecule has 34 valence electrons. The summed E-state index contributed by atoms with van der Waals surface area (Å²) in [6.45, 7) is 2.82. The van der Waals surface area contributed by atoms with Crippen LogP contribution in [0.5, 0.6) is 0 Å². The maximum absolute atomic E-state index is 7.84. The van der Waals surface area contributed by atoms with Gasteiger partial charge in [-0.2, -0.15) is 5.26 Å². The van der Waals surface area contributed by atoms with Crippen molar-refractivity contribution in [1.29, 1.82) is 5.26 Å². The molecule has 0 aliphatic carbocycles. The monoisotopic (exact) mass is 84.1 g/mol. The van der Waals surface area contributed by atoms with Crippen molar-refractivity contribution in [3.05, 3.63) is 0 Å². The molecule has 0 spiro atoms. The van der Waals surface area contributed by atoms with Crippen LogP contribution in [0.1, 0.15) is 13.3 Å². The van der Waals surface area contributed by atoms with E-state index in [0.717, 1.165) is 13.0 Å². The highest BCUT2D eigenvalue weighted by Crippen LogP contribution is 1.63. The van der Waals surface area contributed by atoms with E-state index in [0.29, 0.717) is 0 Å². The summed E-state index contributed by atoms with van der Waals surface area (Å²) in [5.41, 5.74) is 0. The van der Waals surface area contributed by atoms with E-state index < -0.39 is 0 Å². The van der Waals surface area contributed by atoms with Crippen molar-refractivity contribution < 1.29 is 0 Å². The van der Waals surface area contributed by atoms with Gasteiger partial charge in [0.05, 0.1) is 0 Å². The van der Waals surface area contributed by atoms with E-state index in [1.54, 1.807) is 0 Å². The molecule has 0 amide bonds. The van der Waals surface area contributed by atoms with Crippen LogP contribution in [0.3, 0.4) is 0 Å². The van der Waals surface area contributed by atoms with E-state index in [1.165, 1.54) is 0 Å². The fraction of sp³-hybridized carbons (Fsp3) is 0.750. The molecule has 0 rings (SSSR count). The zero-order valence-electron chi connectivity index (χ0n) is 3.86. The summed E-state index contributed by atoms with van der Waals surface area (Å²) >= 11 is 0. The van der Waals surface area contributed by atoms with Gasteiger partial charge in [0.1, 0.15) is 0 Å². The van der Waals surface area contributed by atoms with Crippen molar-refractivity contribution in [2.24, 2.45) is 0 Å². The molecule has 0 aromatic carbocycles. The Labute approximate surface area is 37.8 Å². The first-order valence-electron chi connectivity index (χ1n) is 2.03. The number of nitriles is 1. The Bertz CT molecular complexity index is 53.1. The highest BCUT2D eigenvalue weighted by molar-refractivity contribution is 4.62. The van der Waals surface area contributed by atoms with Crippen LogP contribution in [-0.4, -0.2) is 6.54 Å². The van der Waals surface area contributed by atoms with Gasteiger partial charge in [0.2, 0.25) is 0 Å². The van der Waals surface area contributed by atoms with Crippen molar-refractivity contribution in [2.45, 2.75) is 13.3 Å². The predicted molar refractivity (Wildman–Crippen MR) is 23.9 cm³/mol. The number of rotatable bonds is 2. The summed E-state index contributed by atoms with van der Waals surface area (Å²) in [5.74, 6) is 0. The van der Waals surface area contributed by atoms with E-state index >= 15 is 0 Å². The Kier molecular flexibility index (Phi) is 3.78. The van der Waals surface area contributed by atoms with Gasteiger partial charge < -0.3 is 5.32 Å². The van der Waals surface area contributed by atoms with Crippen LogP contribution in [-0.2, 0) is 0 Å². The van der Waals surface area contributed by atoms with Crippen LogP contribution < -0.4 is 5.32 Å². The third kappa shape index (κ3) is 3.29. The number of nitrogens with one attached hydrogen (secondary N) is 1. The summed E-state index contributed by atoms with van der Waals surface area (Å²) in [7, 11) is 0. The topological polar surface area (TPSA) is 35.8 Å². The SMILES string of the molecule is CCCNC#N. The molecule has 0 aromatic rings. The number of hydrogen-bond donors (Lipinski definition) is 1. The van der Waals surface area contributed by atoms with Crippen LogP contribution in [0.4, 0.5) is 0 Å². The Morgan fingerprint density at radius 2 is 2.50 bits per heavy atom. The lowest BCUT2D eigenvalue weighted by Gasteiger charge is -1.83. The second-order valence-electron chi connectivity index (χ2n) is 1.04. The smallest absolute Gasteiger partial charge is 0.176 e. The fourth-order valence-corrected chi connectivity index (χ4v) is 0.181. The minimum Gasteiger partial charge on any atom is -0.324 e. The van der Waals surface area contributed by atoms with Gasteiger partial charge in [-0.15, -0.1) is 0 Å². The third-order valence-corrected chi connectivity index (χ3v) is 0.454. The zero-order valence-corrected chi connectivity index (χ0v) is 3.86. The molecule has 2 nitrogen and oxygen atoms in total. The summed E-state index contributed by atoms with van der Waals surface area (Å²) in [6.07, 6.45) is 2.84. The average molecular weight is 84.1 g/mol. The van der Waals surface area contributed by atoms with Crippen molar-refractivity contribution >= 4 is 0 Å².